The molecule has 1 atom stereocenters. The second-order valence-corrected chi connectivity index (χ2v) is 5.48. The van der Waals surface area contributed by atoms with E-state index in [4.69, 9.17) is 10.5 Å². The number of thioether (sulfide) groups is 1. The van der Waals surface area contributed by atoms with E-state index in [-0.39, 0.29) is 5.97 Å². The highest BCUT2D eigenvalue weighted by molar-refractivity contribution is 7.99. The van der Waals surface area contributed by atoms with Gasteiger partial charge in [-0.3, -0.25) is 4.79 Å². The Kier molecular flexibility index (Phi) is 7.02. The fourth-order valence-electron chi connectivity index (χ4n) is 0.958. The first-order chi connectivity index (χ1) is 6.90. The Labute approximate surface area is 97.1 Å². The van der Waals surface area contributed by atoms with Gasteiger partial charge in [-0.05, 0) is 31.9 Å². The maximum atomic E-state index is 11.4. The van der Waals surface area contributed by atoms with Crippen molar-refractivity contribution >= 4 is 17.7 Å². The van der Waals surface area contributed by atoms with Gasteiger partial charge in [-0.15, -0.1) is 0 Å². The van der Waals surface area contributed by atoms with E-state index in [0.717, 1.165) is 12.2 Å². The number of rotatable bonds is 7. The van der Waals surface area contributed by atoms with E-state index in [2.05, 4.69) is 13.8 Å². The average molecular weight is 233 g/mol. The highest BCUT2D eigenvalue weighted by Crippen LogP contribution is 2.15. The molecule has 0 aliphatic heterocycles. The molecule has 0 aromatic carbocycles. The number of nitrogens with two attached hydrogens (primary N) is 1. The van der Waals surface area contributed by atoms with Gasteiger partial charge >= 0.3 is 5.97 Å². The minimum Gasteiger partial charge on any atom is -0.465 e. The first kappa shape index (κ1) is 14.8. The van der Waals surface area contributed by atoms with Gasteiger partial charge in [0.2, 0.25) is 0 Å². The molecule has 90 valence electrons. The van der Waals surface area contributed by atoms with Gasteiger partial charge in [0, 0.05) is 5.75 Å². The number of hydrogen-bond acceptors (Lipinski definition) is 4. The molecule has 0 amide bonds. The summed E-state index contributed by atoms with van der Waals surface area (Å²) in [5.74, 6) is 2.06. The molecular formula is C11H23NO2S. The molecule has 4 heteroatoms. The van der Waals surface area contributed by atoms with Crippen molar-refractivity contribution in [2.45, 2.75) is 39.7 Å². The number of carbonyl (C=O) groups excluding carboxylic acids is 1. The molecule has 1 unspecified atom stereocenters. The lowest BCUT2D eigenvalue weighted by Crippen LogP contribution is -2.48. The van der Waals surface area contributed by atoms with Crippen molar-refractivity contribution in [2.24, 2.45) is 11.7 Å². The summed E-state index contributed by atoms with van der Waals surface area (Å²) >= 11 is 1.72. The van der Waals surface area contributed by atoms with Gasteiger partial charge < -0.3 is 10.5 Å². The van der Waals surface area contributed by atoms with Crippen LogP contribution in [0.25, 0.3) is 0 Å². The lowest BCUT2D eigenvalue weighted by Gasteiger charge is -2.21. The predicted octanol–water partition coefficient (Wildman–Crippen LogP) is 2.05. The molecule has 0 heterocycles. The van der Waals surface area contributed by atoms with Crippen molar-refractivity contribution < 1.29 is 9.53 Å². The fraction of sp³-hybridized carbons (Fsp3) is 0.909. The second-order valence-electron chi connectivity index (χ2n) is 4.37. The molecule has 0 aliphatic rings. The van der Waals surface area contributed by atoms with Crippen LogP contribution in [0.1, 0.15) is 34.1 Å². The van der Waals surface area contributed by atoms with E-state index in [0.29, 0.717) is 18.3 Å². The molecule has 0 aromatic rings. The van der Waals surface area contributed by atoms with Crippen molar-refractivity contribution in [1.29, 1.82) is 0 Å². The summed E-state index contributed by atoms with van der Waals surface area (Å²) in [7, 11) is 0. The largest absolute Gasteiger partial charge is 0.465 e. The Morgan fingerprint density at radius 2 is 2.13 bits per heavy atom. The zero-order chi connectivity index (χ0) is 11.9. The molecule has 0 aliphatic carbocycles. The van der Waals surface area contributed by atoms with E-state index < -0.39 is 5.54 Å². The summed E-state index contributed by atoms with van der Waals surface area (Å²) in [6, 6.07) is 0. The van der Waals surface area contributed by atoms with Crippen molar-refractivity contribution in [3.8, 4) is 0 Å². The van der Waals surface area contributed by atoms with E-state index in [1.165, 1.54) is 0 Å². The molecule has 2 N–H and O–H groups in total. The summed E-state index contributed by atoms with van der Waals surface area (Å²) in [4.78, 5) is 11.4. The van der Waals surface area contributed by atoms with Crippen LogP contribution in [0.15, 0.2) is 0 Å². The van der Waals surface area contributed by atoms with Crippen LogP contribution in [-0.4, -0.2) is 29.6 Å². The van der Waals surface area contributed by atoms with Crippen molar-refractivity contribution in [2.75, 3.05) is 18.1 Å². The van der Waals surface area contributed by atoms with Crippen LogP contribution in [-0.2, 0) is 9.53 Å². The quantitative estimate of drug-likeness (QED) is 0.540. The highest BCUT2D eigenvalue weighted by atomic mass is 32.2. The Morgan fingerprint density at radius 1 is 1.53 bits per heavy atom. The fourth-order valence-corrected chi connectivity index (χ4v) is 2.28. The minimum atomic E-state index is -0.850. The van der Waals surface area contributed by atoms with Crippen molar-refractivity contribution in [3.05, 3.63) is 0 Å². The van der Waals surface area contributed by atoms with Crippen LogP contribution in [0.5, 0.6) is 0 Å². The molecule has 0 bridgehead atoms. The molecular weight excluding hydrogens is 210 g/mol. The summed E-state index contributed by atoms with van der Waals surface area (Å²) in [5.41, 5.74) is 5.02. The van der Waals surface area contributed by atoms with Gasteiger partial charge in [-0.2, -0.15) is 11.8 Å². The third kappa shape index (κ3) is 6.79. The van der Waals surface area contributed by atoms with Crippen LogP contribution in [0.3, 0.4) is 0 Å². The van der Waals surface area contributed by atoms with Crippen LogP contribution in [0.4, 0.5) is 0 Å². The Balaban J connectivity index is 3.78. The molecule has 0 saturated carbocycles. The number of carbonyl (C=O) groups is 1. The smallest absolute Gasteiger partial charge is 0.326 e. The van der Waals surface area contributed by atoms with Crippen LogP contribution in [0.2, 0.25) is 0 Å². The lowest BCUT2D eigenvalue weighted by molar-refractivity contribution is -0.148. The van der Waals surface area contributed by atoms with Crippen molar-refractivity contribution in [3.63, 3.8) is 0 Å². The topological polar surface area (TPSA) is 52.3 Å². The third-order valence-corrected chi connectivity index (χ3v) is 3.31. The van der Waals surface area contributed by atoms with E-state index >= 15 is 0 Å². The van der Waals surface area contributed by atoms with E-state index in [1.54, 1.807) is 25.6 Å². The Hall–Kier alpha value is -0.220. The van der Waals surface area contributed by atoms with Crippen LogP contribution >= 0.6 is 11.8 Å². The number of esters is 1. The SMILES string of the molecule is CCOC(=O)C(C)(N)CSCCC(C)C. The van der Waals surface area contributed by atoms with Crippen LogP contribution in [0, 0.1) is 5.92 Å². The van der Waals surface area contributed by atoms with Gasteiger partial charge in [0.15, 0.2) is 0 Å². The van der Waals surface area contributed by atoms with Crippen molar-refractivity contribution in [1.82, 2.24) is 0 Å². The zero-order valence-electron chi connectivity index (χ0n) is 10.2. The maximum Gasteiger partial charge on any atom is 0.326 e. The normalized spacial score (nSPS) is 15.1. The zero-order valence-corrected chi connectivity index (χ0v) is 11.0. The van der Waals surface area contributed by atoms with E-state index in [1.807, 2.05) is 0 Å². The van der Waals surface area contributed by atoms with Gasteiger partial charge in [0.05, 0.1) is 6.61 Å². The lowest BCUT2D eigenvalue weighted by atomic mass is 10.1. The molecule has 3 nitrogen and oxygen atoms in total. The summed E-state index contributed by atoms with van der Waals surface area (Å²) in [6.07, 6.45) is 1.16. The maximum absolute atomic E-state index is 11.4. The van der Waals surface area contributed by atoms with Crippen LogP contribution < -0.4 is 5.73 Å². The third-order valence-electron chi connectivity index (χ3n) is 1.98. The monoisotopic (exact) mass is 233 g/mol. The number of ether oxygens (including phenoxy) is 1. The Bertz CT molecular complexity index is 193. The van der Waals surface area contributed by atoms with Gasteiger partial charge in [0.1, 0.15) is 5.54 Å². The Morgan fingerprint density at radius 3 is 2.60 bits per heavy atom. The first-order valence-electron chi connectivity index (χ1n) is 5.44. The minimum absolute atomic E-state index is 0.304. The summed E-state index contributed by atoms with van der Waals surface area (Å²) in [5, 5.41) is 0. The molecule has 0 saturated heterocycles. The highest BCUT2D eigenvalue weighted by Gasteiger charge is 2.29. The van der Waals surface area contributed by atoms with Gasteiger partial charge in [-0.1, -0.05) is 13.8 Å². The molecule has 15 heavy (non-hydrogen) atoms. The molecule has 0 aromatic heterocycles. The van der Waals surface area contributed by atoms with E-state index in [9.17, 15) is 4.79 Å². The first-order valence-corrected chi connectivity index (χ1v) is 6.59. The summed E-state index contributed by atoms with van der Waals surface area (Å²) < 4.78 is 4.91. The standard InChI is InChI=1S/C11H23NO2S/c1-5-14-10(13)11(4,12)8-15-7-6-9(2)3/h9H,5-8,12H2,1-4H3. The second kappa shape index (κ2) is 7.12. The summed E-state index contributed by atoms with van der Waals surface area (Å²) in [6.45, 7) is 8.29. The average Bonchev–Trinajstić information content (AvgIpc) is 2.12. The molecule has 0 fully saturated rings. The molecule has 0 rings (SSSR count). The molecule has 0 radical (unpaired) electrons. The molecule has 0 spiro atoms. The number of hydrogen-bond donors (Lipinski definition) is 1. The predicted molar refractivity (Wildman–Crippen MR) is 66.0 cm³/mol. The van der Waals surface area contributed by atoms with Gasteiger partial charge in [-0.25, -0.2) is 0 Å². The van der Waals surface area contributed by atoms with Gasteiger partial charge in [0.25, 0.3) is 0 Å².